The van der Waals surface area contributed by atoms with Gasteiger partial charge in [-0.2, -0.15) is 0 Å². The fraction of sp³-hybridized carbons (Fsp3) is 0.419. The second-order valence-corrected chi connectivity index (χ2v) is 22.7. The Morgan fingerprint density at radius 2 is 1.31 bits per heavy atom. The molecule has 29 heteroatoms. The monoisotopic (exact) mass is 1260 g/mol. The molecule has 0 spiro atoms. The Bertz CT molecular complexity index is 3670. The van der Waals surface area contributed by atoms with Gasteiger partial charge in [0.1, 0.15) is 44.1 Å². The van der Waals surface area contributed by atoms with Gasteiger partial charge in [-0.1, -0.05) is 19.1 Å². The summed E-state index contributed by atoms with van der Waals surface area (Å²) in [4.78, 5) is 174. The van der Waals surface area contributed by atoms with Crippen LogP contribution in [0.25, 0.3) is 22.3 Å². The van der Waals surface area contributed by atoms with Crippen LogP contribution >= 0.6 is 0 Å². The molecule has 4 aliphatic rings. The Kier molecular flexibility index (Phi) is 21.7. The molecule has 4 aromatic rings. The number of ether oxygens (including phenoxy) is 3. The van der Waals surface area contributed by atoms with E-state index in [9.17, 15) is 72.5 Å². The van der Waals surface area contributed by atoms with Gasteiger partial charge in [0.25, 0.3) is 29.2 Å². The lowest BCUT2D eigenvalue weighted by Gasteiger charge is -2.31. The van der Waals surface area contributed by atoms with Gasteiger partial charge in [0.05, 0.1) is 48.7 Å². The molecule has 0 fully saturated rings. The number of amides is 10. The van der Waals surface area contributed by atoms with E-state index in [1.165, 1.54) is 10.6 Å². The van der Waals surface area contributed by atoms with Crippen molar-refractivity contribution in [3.63, 3.8) is 0 Å². The molecule has 6 heterocycles. The molecule has 4 aliphatic heterocycles. The van der Waals surface area contributed by atoms with Crippen LogP contribution in [0, 0.1) is 0 Å². The largest absolute Gasteiger partial charge is 0.480 e. The first-order valence-electron chi connectivity index (χ1n) is 29.7. The van der Waals surface area contributed by atoms with E-state index in [1.54, 1.807) is 38.1 Å². The van der Waals surface area contributed by atoms with E-state index in [1.807, 2.05) is 32.3 Å². The minimum absolute atomic E-state index is 0.00148. The van der Waals surface area contributed by atoms with Crippen LogP contribution in [0.5, 0.6) is 5.75 Å². The van der Waals surface area contributed by atoms with Gasteiger partial charge in [0, 0.05) is 111 Å². The van der Waals surface area contributed by atoms with E-state index in [0.717, 1.165) is 39.7 Å². The van der Waals surface area contributed by atoms with E-state index in [2.05, 4.69) is 31.9 Å². The third kappa shape index (κ3) is 16.5. The first kappa shape index (κ1) is 66.9. The number of fused-ring (bicyclic) bond motifs is 5. The lowest BCUT2D eigenvalue weighted by atomic mass is 9.86. The minimum atomic E-state index is -2.03. The number of aliphatic carboxylic acids is 1. The van der Waals surface area contributed by atoms with Crippen LogP contribution in [0.2, 0.25) is 0 Å². The number of imide groups is 2. The molecule has 91 heavy (non-hydrogen) atoms. The highest BCUT2D eigenvalue weighted by atomic mass is 16.6. The summed E-state index contributed by atoms with van der Waals surface area (Å²) >= 11 is 0. The molecular weight excluding hydrogens is 1190 g/mol. The summed E-state index contributed by atoms with van der Waals surface area (Å²) in [6, 6.07) is 10.2. The Labute approximate surface area is 521 Å². The molecule has 2 aromatic heterocycles. The second-order valence-electron chi connectivity index (χ2n) is 22.7. The van der Waals surface area contributed by atoms with Gasteiger partial charge in [0.2, 0.25) is 29.5 Å². The van der Waals surface area contributed by atoms with Crippen molar-refractivity contribution in [2.24, 2.45) is 0 Å². The van der Waals surface area contributed by atoms with Gasteiger partial charge in [-0.05, 0) is 75.4 Å². The van der Waals surface area contributed by atoms with Gasteiger partial charge >= 0.3 is 18.0 Å². The van der Waals surface area contributed by atoms with Gasteiger partial charge < -0.3 is 65.4 Å². The molecule has 0 bridgehead atoms. The average molecular weight is 1260 g/mol. The zero-order chi connectivity index (χ0) is 65.7. The fourth-order valence-electron chi connectivity index (χ4n) is 10.9. The highest BCUT2D eigenvalue weighted by Crippen LogP contribution is 2.40. The van der Waals surface area contributed by atoms with Crippen molar-refractivity contribution in [1.29, 1.82) is 0 Å². The lowest BCUT2D eigenvalue weighted by Crippen LogP contribution is -2.63. The van der Waals surface area contributed by atoms with Crippen LogP contribution < -0.4 is 42.2 Å². The normalized spacial score (nSPS) is 16.2. The van der Waals surface area contributed by atoms with Gasteiger partial charge in [-0.15, -0.1) is 0 Å². The average Bonchev–Trinajstić information content (AvgIpc) is 1.65. The number of nitrogens with one attached hydrogen (secondary N) is 6. The zero-order valence-corrected chi connectivity index (χ0v) is 50.7. The molecule has 29 nitrogen and oxygen atoms in total. The SMILES string of the molecule is CCOCCCNC(=O)[C@@H](NC(=O)CCCN1C(=O)C=CC1=O)[C@H](NC(=O)CCCN1C(=O)C=CC1=O)C(=O)NCCCC(=O)Nc1ccc(C[N+](C)(C)Cc2c(OC(=O)NCC(=O)O)ccc3nc4c(cc23)Cn2c-4cc3c(c2=O)COC(=O)[C@]3(O)CC)cc1. The zero-order valence-electron chi connectivity index (χ0n) is 50.7. The van der Waals surface area contributed by atoms with Gasteiger partial charge in [-0.25, -0.2) is 14.6 Å². The predicted octanol–water partition coefficient (Wildman–Crippen LogP) is 0.787. The maximum Gasteiger partial charge on any atom is 0.413 e. The minimum Gasteiger partial charge on any atom is -0.480 e. The summed E-state index contributed by atoms with van der Waals surface area (Å²) in [6.45, 7) is 3.52. The van der Waals surface area contributed by atoms with Crippen molar-refractivity contribution in [2.45, 2.75) is 109 Å². The fourth-order valence-corrected chi connectivity index (χ4v) is 10.9. The quantitative estimate of drug-likeness (QED) is 0.0132. The van der Waals surface area contributed by atoms with Crippen LogP contribution in [0.15, 0.2) is 77.6 Å². The Balaban J connectivity index is 0.916. The van der Waals surface area contributed by atoms with E-state index in [4.69, 9.17) is 19.2 Å². The number of esters is 1. The third-order valence-corrected chi connectivity index (χ3v) is 15.5. The van der Waals surface area contributed by atoms with E-state index in [0.29, 0.717) is 58.7 Å². The van der Waals surface area contributed by atoms with Crippen LogP contribution in [-0.4, -0.2) is 177 Å². The highest BCUT2D eigenvalue weighted by Gasteiger charge is 2.46. The number of cyclic esters (lactones) is 1. The summed E-state index contributed by atoms with van der Waals surface area (Å²) in [6.07, 6.45) is 3.08. The number of hydrogen-bond donors (Lipinski definition) is 8. The number of aliphatic hydroxyl groups is 1. The summed E-state index contributed by atoms with van der Waals surface area (Å²) in [5, 5.41) is 36.6. The topological polar surface area (TPSA) is 387 Å². The van der Waals surface area contributed by atoms with Crippen molar-refractivity contribution in [2.75, 3.05) is 65.3 Å². The first-order valence-corrected chi connectivity index (χ1v) is 29.7. The smallest absolute Gasteiger partial charge is 0.413 e. The standard InChI is InChI=1S/C62H71N11O18/c1-5-62(88)42-30-44-54-37(32-72(44)59(85)41(42)35-90-60(62)86)29-39-40(45(19-18-43(39)67-54)91-61(87)65-31-53(81)82)34-73(3,4)33-36-14-16-38(17-15-36)66-46(74)11-7-24-63-57(83)55(68-47(75)12-8-26-70-49(77)20-21-50(70)78)56(58(84)64-25-10-28-89-6-2)69-48(76)13-9-27-71-51(79)22-23-52(71)80/h14-23,29-30,55-56,88H,5-13,24-28,31-35H2,1-4H3,(H6-,63,64,65,66,68,69,74,75,76,81,82,83,84,87)/p+1/t55-,56-,62-/m0/s1. The Hall–Kier alpha value is -10.0. The molecule has 0 radical (unpaired) electrons. The van der Waals surface area contributed by atoms with E-state index >= 15 is 0 Å². The number of anilines is 1. The molecule has 3 atom stereocenters. The highest BCUT2D eigenvalue weighted by molar-refractivity contribution is 6.13. The molecule has 10 amide bonds. The molecule has 2 aromatic carbocycles. The van der Waals surface area contributed by atoms with Crippen molar-refractivity contribution < 1.29 is 86.4 Å². The predicted molar refractivity (Wildman–Crippen MR) is 321 cm³/mol. The molecule has 8 N–H and O–H groups in total. The number of nitrogens with zero attached hydrogens (tertiary/aromatic N) is 5. The van der Waals surface area contributed by atoms with E-state index < -0.39 is 101 Å². The van der Waals surface area contributed by atoms with Crippen molar-refractivity contribution in [3.05, 3.63) is 111 Å². The number of benzene rings is 2. The number of rotatable bonds is 31. The first-order chi connectivity index (χ1) is 43.4. The molecule has 0 aliphatic carbocycles. The molecule has 0 saturated heterocycles. The van der Waals surface area contributed by atoms with Crippen molar-refractivity contribution in [1.82, 2.24) is 45.9 Å². The summed E-state index contributed by atoms with van der Waals surface area (Å²) < 4.78 is 18.0. The van der Waals surface area contributed by atoms with Crippen LogP contribution in [0.3, 0.4) is 0 Å². The Morgan fingerprint density at radius 1 is 0.725 bits per heavy atom. The third-order valence-electron chi connectivity index (χ3n) is 15.5. The molecule has 0 unspecified atom stereocenters. The van der Waals surface area contributed by atoms with Crippen molar-refractivity contribution in [3.8, 4) is 17.1 Å². The summed E-state index contributed by atoms with van der Waals surface area (Å²) in [7, 11) is 3.86. The summed E-state index contributed by atoms with van der Waals surface area (Å²) in [5.74, 6) is -7.89. The van der Waals surface area contributed by atoms with E-state index in [-0.39, 0.29) is 119 Å². The number of quaternary nitrogens is 1. The van der Waals surface area contributed by atoms with Crippen LogP contribution in [-0.2, 0) is 94.1 Å². The second kappa shape index (κ2) is 29.5. The number of carbonyl (C=O) groups excluding carboxylic acids is 11. The molecular formula is C62H72N11O18+. The molecule has 8 rings (SSSR count). The molecule has 482 valence electrons. The Morgan fingerprint density at radius 3 is 1.88 bits per heavy atom. The number of pyridine rings is 2. The van der Waals surface area contributed by atoms with Crippen molar-refractivity contribution >= 4 is 87.8 Å². The molecule has 0 saturated carbocycles. The number of carboxylic acids is 1. The van der Waals surface area contributed by atoms with Crippen LogP contribution in [0.1, 0.15) is 93.0 Å². The number of hydrogen-bond acceptors (Lipinski definition) is 18. The van der Waals surface area contributed by atoms with Gasteiger partial charge in [-0.3, -0.25) is 62.5 Å². The maximum atomic E-state index is 14.1. The number of carbonyl (C=O) groups is 12. The van der Waals surface area contributed by atoms with Gasteiger partial charge in [0.15, 0.2) is 5.60 Å². The number of aromatic nitrogens is 2. The number of carboxylic acid groups (broad SMARTS) is 1. The summed E-state index contributed by atoms with van der Waals surface area (Å²) in [5.41, 5.74) is 1.61. The van der Waals surface area contributed by atoms with Crippen LogP contribution in [0.4, 0.5) is 10.5 Å². The lowest BCUT2D eigenvalue weighted by molar-refractivity contribution is -0.916. The maximum absolute atomic E-state index is 14.1.